The molecular weight excluding hydrogens is 324 g/mol. The number of aliphatic carboxylic acids is 1. The van der Waals surface area contributed by atoms with Gasteiger partial charge in [0.05, 0.1) is 5.92 Å². The number of piperidine rings is 1. The second-order valence-electron chi connectivity index (χ2n) is 6.48. The predicted octanol–water partition coefficient (Wildman–Crippen LogP) is 3.97. The maximum absolute atomic E-state index is 12.4. The van der Waals surface area contributed by atoms with Crippen LogP contribution in [-0.4, -0.2) is 40.3 Å². The number of amides is 2. The molecule has 0 atom stereocenters. The van der Waals surface area contributed by atoms with Crippen molar-refractivity contribution in [2.24, 2.45) is 5.92 Å². The van der Waals surface area contributed by atoms with Crippen LogP contribution in [0.3, 0.4) is 0 Å². The van der Waals surface area contributed by atoms with Crippen LogP contribution >= 0.6 is 11.8 Å². The smallest absolute Gasteiger partial charge is 0.321 e. The number of carboxylic acid groups (broad SMARTS) is 1. The summed E-state index contributed by atoms with van der Waals surface area (Å²) in [6.07, 6.45) is 1.04. The lowest BCUT2D eigenvalue weighted by Gasteiger charge is -2.30. The minimum atomic E-state index is -0.763. The highest BCUT2D eigenvalue weighted by Crippen LogP contribution is 2.25. The molecule has 0 aromatic heterocycles. The number of urea groups is 1. The van der Waals surface area contributed by atoms with Crippen molar-refractivity contribution in [2.75, 3.05) is 18.4 Å². The topological polar surface area (TPSA) is 69.6 Å². The molecule has 1 aromatic rings. The molecule has 1 saturated heterocycles. The molecule has 0 radical (unpaired) electrons. The fraction of sp³-hybridized carbons (Fsp3) is 0.556. The van der Waals surface area contributed by atoms with Gasteiger partial charge >= 0.3 is 12.0 Å². The zero-order valence-corrected chi connectivity index (χ0v) is 15.4. The number of hydrogen-bond donors (Lipinski definition) is 2. The van der Waals surface area contributed by atoms with E-state index in [1.807, 2.05) is 30.8 Å². The summed E-state index contributed by atoms with van der Waals surface area (Å²) in [5.41, 5.74) is 3.16. The van der Waals surface area contributed by atoms with Gasteiger partial charge in [0.15, 0.2) is 0 Å². The monoisotopic (exact) mass is 350 g/mol. The second kappa shape index (κ2) is 8.42. The Bertz CT molecular complexity index is 596. The largest absolute Gasteiger partial charge is 0.481 e. The number of nitrogens with zero attached hydrogens (tertiary/aromatic N) is 1. The zero-order chi connectivity index (χ0) is 17.7. The van der Waals surface area contributed by atoms with Gasteiger partial charge in [0.1, 0.15) is 0 Å². The van der Waals surface area contributed by atoms with Crippen molar-refractivity contribution >= 4 is 29.4 Å². The number of hydrogen-bond acceptors (Lipinski definition) is 3. The van der Waals surface area contributed by atoms with Crippen LogP contribution in [0.1, 0.15) is 37.8 Å². The normalized spacial score (nSPS) is 15.6. The molecule has 1 heterocycles. The van der Waals surface area contributed by atoms with E-state index in [1.165, 1.54) is 5.56 Å². The molecular formula is C18H26N2O3S. The van der Waals surface area contributed by atoms with Crippen LogP contribution in [0.2, 0.25) is 0 Å². The fourth-order valence-corrected chi connectivity index (χ4v) is 3.58. The summed E-state index contributed by atoms with van der Waals surface area (Å²) >= 11 is 1.88. The SMILES string of the molecule is Cc1c(CSC(C)C)cccc1NC(=O)N1CCC(C(=O)O)CC1. The molecule has 0 bridgehead atoms. The molecule has 0 aliphatic carbocycles. The average molecular weight is 350 g/mol. The quantitative estimate of drug-likeness (QED) is 0.843. The van der Waals surface area contributed by atoms with Gasteiger partial charge in [-0.25, -0.2) is 4.79 Å². The van der Waals surface area contributed by atoms with Crippen molar-refractivity contribution < 1.29 is 14.7 Å². The summed E-state index contributed by atoms with van der Waals surface area (Å²) in [4.78, 5) is 25.1. The third kappa shape index (κ3) is 4.90. The minimum absolute atomic E-state index is 0.143. The molecule has 2 N–H and O–H groups in total. The highest BCUT2D eigenvalue weighted by molar-refractivity contribution is 7.99. The Morgan fingerprint density at radius 3 is 2.58 bits per heavy atom. The van der Waals surface area contributed by atoms with Crippen LogP contribution in [0.4, 0.5) is 10.5 Å². The first-order chi connectivity index (χ1) is 11.4. The van der Waals surface area contributed by atoms with E-state index < -0.39 is 5.97 Å². The van der Waals surface area contributed by atoms with Gasteiger partial charge in [-0.2, -0.15) is 11.8 Å². The Hall–Kier alpha value is -1.69. The lowest BCUT2D eigenvalue weighted by molar-refractivity contribution is -0.143. The highest BCUT2D eigenvalue weighted by Gasteiger charge is 2.27. The van der Waals surface area contributed by atoms with Crippen LogP contribution in [-0.2, 0) is 10.5 Å². The molecule has 0 spiro atoms. The first-order valence-electron chi connectivity index (χ1n) is 8.37. The van der Waals surface area contributed by atoms with Crippen molar-refractivity contribution in [1.82, 2.24) is 4.90 Å². The fourth-order valence-electron chi connectivity index (χ4n) is 2.76. The van der Waals surface area contributed by atoms with Crippen molar-refractivity contribution in [3.05, 3.63) is 29.3 Å². The number of rotatable bonds is 5. The molecule has 1 fully saturated rings. The summed E-state index contributed by atoms with van der Waals surface area (Å²) in [6.45, 7) is 7.36. The molecule has 1 aliphatic rings. The molecule has 2 rings (SSSR count). The summed E-state index contributed by atoms with van der Waals surface area (Å²) < 4.78 is 0. The molecule has 24 heavy (non-hydrogen) atoms. The van der Waals surface area contributed by atoms with E-state index in [-0.39, 0.29) is 11.9 Å². The summed E-state index contributed by atoms with van der Waals surface area (Å²) in [7, 11) is 0. The molecule has 1 aliphatic heterocycles. The second-order valence-corrected chi connectivity index (χ2v) is 8.04. The third-order valence-corrected chi connectivity index (χ3v) is 5.54. The van der Waals surface area contributed by atoms with Gasteiger partial charge in [0.25, 0.3) is 0 Å². The van der Waals surface area contributed by atoms with E-state index in [0.29, 0.717) is 31.2 Å². The van der Waals surface area contributed by atoms with E-state index in [2.05, 4.69) is 25.2 Å². The van der Waals surface area contributed by atoms with Crippen molar-refractivity contribution in [2.45, 2.75) is 44.6 Å². The van der Waals surface area contributed by atoms with E-state index in [0.717, 1.165) is 17.0 Å². The van der Waals surface area contributed by atoms with Crippen LogP contribution in [0, 0.1) is 12.8 Å². The van der Waals surface area contributed by atoms with Crippen LogP contribution < -0.4 is 5.32 Å². The Morgan fingerprint density at radius 2 is 2.00 bits per heavy atom. The summed E-state index contributed by atoms with van der Waals surface area (Å²) in [5.74, 6) is -0.162. The standard InChI is InChI=1S/C18H26N2O3S/c1-12(2)24-11-15-5-4-6-16(13(15)3)19-18(23)20-9-7-14(8-10-20)17(21)22/h4-6,12,14H,7-11H2,1-3H3,(H,19,23)(H,21,22). The van der Waals surface area contributed by atoms with Gasteiger partial charge in [-0.1, -0.05) is 26.0 Å². The molecule has 2 amide bonds. The van der Waals surface area contributed by atoms with Crippen molar-refractivity contribution in [3.63, 3.8) is 0 Å². The molecule has 132 valence electrons. The molecule has 1 aromatic carbocycles. The Morgan fingerprint density at radius 1 is 1.33 bits per heavy atom. The lowest BCUT2D eigenvalue weighted by Crippen LogP contribution is -2.42. The highest BCUT2D eigenvalue weighted by atomic mass is 32.2. The van der Waals surface area contributed by atoms with Crippen molar-refractivity contribution in [1.29, 1.82) is 0 Å². The number of thioether (sulfide) groups is 1. The van der Waals surface area contributed by atoms with Crippen LogP contribution in [0.25, 0.3) is 0 Å². The van der Waals surface area contributed by atoms with E-state index in [1.54, 1.807) is 4.90 Å². The maximum Gasteiger partial charge on any atom is 0.321 e. The zero-order valence-electron chi connectivity index (χ0n) is 14.5. The van der Waals surface area contributed by atoms with Gasteiger partial charge in [-0.15, -0.1) is 0 Å². The first-order valence-corrected chi connectivity index (χ1v) is 9.42. The number of carbonyl (C=O) groups is 2. The minimum Gasteiger partial charge on any atom is -0.481 e. The molecule has 5 nitrogen and oxygen atoms in total. The summed E-state index contributed by atoms with van der Waals surface area (Å²) in [6, 6.07) is 5.84. The summed E-state index contributed by atoms with van der Waals surface area (Å²) in [5, 5.41) is 12.6. The average Bonchev–Trinajstić information content (AvgIpc) is 2.55. The Balaban J connectivity index is 1.97. The van der Waals surface area contributed by atoms with Crippen LogP contribution in [0.15, 0.2) is 18.2 Å². The Kier molecular flexibility index (Phi) is 6.54. The van der Waals surface area contributed by atoms with E-state index >= 15 is 0 Å². The number of benzene rings is 1. The number of carboxylic acids is 1. The molecule has 6 heteroatoms. The van der Waals surface area contributed by atoms with E-state index in [9.17, 15) is 9.59 Å². The first kappa shape index (κ1) is 18.6. The van der Waals surface area contributed by atoms with E-state index in [4.69, 9.17) is 5.11 Å². The van der Waals surface area contributed by atoms with Crippen molar-refractivity contribution in [3.8, 4) is 0 Å². The third-order valence-electron chi connectivity index (χ3n) is 4.39. The van der Waals surface area contributed by atoms with Gasteiger partial charge in [-0.05, 0) is 42.2 Å². The predicted molar refractivity (Wildman–Crippen MR) is 98.6 cm³/mol. The van der Waals surface area contributed by atoms with Crippen LogP contribution in [0.5, 0.6) is 0 Å². The molecule has 0 saturated carbocycles. The van der Waals surface area contributed by atoms with Gasteiger partial charge in [-0.3, -0.25) is 4.79 Å². The van der Waals surface area contributed by atoms with Gasteiger partial charge < -0.3 is 15.3 Å². The number of likely N-dealkylation sites (tertiary alicyclic amines) is 1. The Labute approximate surface area is 147 Å². The lowest BCUT2D eigenvalue weighted by atomic mass is 9.97. The number of carbonyl (C=O) groups excluding carboxylic acids is 1. The maximum atomic E-state index is 12.4. The number of anilines is 1. The van der Waals surface area contributed by atoms with Gasteiger partial charge in [0, 0.05) is 24.5 Å². The molecule has 0 unspecified atom stereocenters. The van der Waals surface area contributed by atoms with Gasteiger partial charge in [0.2, 0.25) is 0 Å². The number of nitrogens with one attached hydrogen (secondary N) is 1.